The molecule has 0 bridgehead atoms. The predicted molar refractivity (Wildman–Crippen MR) is 80.4 cm³/mol. The Labute approximate surface area is 121 Å². The maximum Gasteiger partial charge on any atom is 0.255 e. The maximum absolute atomic E-state index is 12.1. The topological polar surface area (TPSA) is 42.0 Å². The second-order valence-electron chi connectivity index (χ2n) is 4.62. The Morgan fingerprint density at radius 1 is 1.21 bits per heavy atom. The smallest absolute Gasteiger partial charge is 0.255 e. The molecule has 2 aromatic rings. The summed E-state index contributed by atoms with van der Waals surface area (Å²) in [6, 6.07) is 9.47. The molecule has 0 saturated heterocycles. The highest BCUT2D eigenvalue weighted by Gasteiger charge is 2.07. The number of hydrogen-bond donors (Lipinski definition) is 1. The number of halogens is 1. The summed E-state index contributed by atoms with van der Waals surface area (Å²) < 4.78 is 0.834. The molecule has 0 radical (unpaired) electrons. The normalized spacial score (nSPS) is 10.5. The Balaban J connectivity index is 2.11. The predicted octanol–water partition coefficient (Wildman–Crippen LogP) is 4.22. The Hall–Kier alpha value is -1.68. The number of carbonyl (C=O) groups is 1. The van der Waals surface area contributed by atoms with Gasteiger partial charge in [-0.15, -0.1) is 0 Å². The van der Waals surface area contributed by atoms with Crippen LogP contribution in [0.4, 0.5) is 5.69 Å². The van der Waals surface area contributed by atoms with Gasteiger partial charge in [0, 0.05) is 16.2 Å². The van der Waals surface area contributed by atoms with Crippen molar-refractivity contribution < 1.29 is 4.79 Å². The van der Waals surface area contributed by atoms with Gasteiger partial charge in [0.05, 0.1) is 11.9 Å². The first-order valence-corrected chi connectivity index (χ1v) is 6.87. The molecule has 1 heterocycles. The average molecular weight is 319 g/mol. The van der Waals surface area contributed by atoms with E-state index in [4.69, 9.17) is 0 Å². The fraction of sp³-hybridized carbons (Fsp3) is 0.200. The summed E-state index contributed by atoms with van der Waals surface area (Å²) in [6.45, 7) is 4.25. The van der Waals surface area contributed by atoms with E-state index in [1.807, 2.05) is 30.3 Å². The van der Waals surface area contributed by atoms with E-state index in [0.717, 1.165) is 4.47 Å². The summed E-state index contributed by atoms with van der Waals surface area (Å²) in [5.41, 5.74) is 2.54. The van der Waals surface area contributed by atoms with Gasteiger partial charge in [-0.1, -0.05) is 26.0 Å². The highest BCUT2D eigenvalue weighted by atomic mass is 79.9. The first-order valence-electron chi connectivity index (χ1n) is 6.08. The number of nitrogens with one attached hydrogen (secondary N) is 1. The lowest BCUT2D eigenvalue weighted by molar-refractivity contribution is 0.102. The third kappa shape index (κ3) is 3.64. The summed E-state index contributed by atoms with van der Waals surface area (Å²) in [4.78, 5) is 16.1. The van der Waals surface area contributed by atoms with Gasteiger partial charge in [-0.2, -0.15) is 0 Å². The van der Waals surface area contributed by atoms with Gasteiger partial charge in [-0.05, 0) is 45.6 Å². The molecule has 0 aliphatic rings. The molecule has 1 aromatic heterocycles. The Bertz CT molecular complexity index is 579. The Morgan fingerprint density at radius 3 is 2.47 bits per heavy atom. The molecule has 1 amide bonds. The van der Waals surface area contributed by atoms with Crippen molar-refractivity contribution in [2.75, 3.05) is 5.32 Å². The number of pyridine rings is 1. The average Bonchev–Trinajstić information content (AvgIpc) is 2.39. The van der Waals surface area contributed by atoms with Crippen LogP contribution in [0.1, 0.15) is 35.7 Å². The maximum atomic E-state index is 12.1. The van der Waals surface area contributed by atoms with Gasteiger partial charge >= 0.3 is 0 Å². The minimum Gasteiger partial charge on any atom is -0.321 e. The second-order valence-corrected chi connectivity index (χ2v) is 5.54. The van der Waals surface area contributed by atoms with E-state index in [2.05, 4.69) is 40.1 Å². The summed E-state index contributed by atoms with van der Waals surface area (Å²) in [6.07, 6.45) is 3.29. The number of amides is 1. The summed E-state index contributed by atoms with van der Waals surface area (Å²) in [5, 5.41) is 2.82. The van der Waals surface area contributed by atoms with Crippen molar-refractivity contribution in [2.45, 2.75) is 19.8 Å². The van der Waals surface area contributed by atoms with Crippen LogP contribution in [-0.4, -0.2) is 10.9 Å². The summed E-state index contributed by atoms with van der Waals surface area (Å²) >= 11 is 3.32. The minimum absolute atomic E-state index is 0.129. The van der Waals surface area contributed by atoms with E-state index in [0.29, 0.717) is 17.2 Å². The Kier molecular flexibility index (Phi) is 4.32. The van der Waals surface area contributed by atoms with Crippen LogP contribution in [-0.2, 0) is 0 Å². The van der Waals surface area contributed by atoms with Crippen LogP contribution in [0.2, 0.25) is 0 Å². The largest absolute Gasteiger partial charge is 0.321 e. The lowest BCUT2D eigenvalue weighted by Crippen LogP contribution is -2.12. The van der Waals surface area contributed by atoms with Crippen molar-refractivity contribution in [2.24, 2.45) is 0 Å². The molecule has 0 saturated carbocycles. The SMILES string of the molecule is CC(C)c1ccc(C(=O)Nc2cncc(Br)c2)cc1. The van der Waals surface area contributed by atoms with Gasteiger partial charge in [-0.3, -0.25) is 9.78 Å². The molecule has 1 N–H and O–H groups in total. The lowest BCUT2D eigenvalue weighted by atomic mass is 10.0. The number of carbonyl (C=O) groups excluding carboxylic acids is 1. The molecule has 0 fully saturated rings. The first-order chi connectivity index (χ1) is 9.06. The van der Waals surface area contributed by atoms with Crippen LogP contribution in [0.3, 0.4) is 0 Å². The lowest BCUT2D eigenvalue weighted by Gasteiger charge is -2.08. The van der Waals surface area contributed by atoms with Crippen molar-refractivity contribution in [1.82, 2.24) is 4.98 Å². The van der Waals surface area contributed by atoms with Gasteiger partial charge < -0.3 is 5.32 Å². The molecule has 0 spiro atoms. The van der Waals surface area contributed by atoms with Crippen LogP contribution in [0.5, 0.6) is 0 Å². The van der Waals surface area contributed by atoms with Gasteiger partial charge in [0.15, 0.2) is 0 Å². The van der Waals surface area contributed by atoms with E-state index in [9.17, 15) is 4.79 Å². The molecule has 1 aromatic carbocycles. The van der Waals surface area contributed by atoms with E-state index >= 15 is 0 Å². The number of aromatic nitrogens is 1. The number of nitrogens with zero attached hydrogens (tertiary/aromatic N) is 1. The zero-order valence-corrected chi connectivity index (χ0v) is 12.4. The fourth-order valence-electron chi connectivity index (χ4n) is 1.70. The number of benzene rings is 1. The zero-order chi connectivity index (χ0) is 13.8. The van der Waals surface area contributed by atoms with Crippen molar-refractivity contribution in [1.29, 1.82) is 0 Å². The minimum atomic E-state index is -0.129. The van der Waals surface area contributed by atoms with Gasteiger partial charge in [0.2, 0.25) is 0 Å². The van der Waals surface area contributed by atoms with Crippen LogP contribution in [0.25, 0.3) is 0 Å². The van der Waals surface area contributed by atoms with Gasteiger partial charge in [0.25, 0.3) is 5.91 Å². The highest BCUT2D eigenvalue weighted by Crippen LogP contribution is 2.17. The Morgan fingerprint density at radius 2 is 1.89 bits per heavy atom. The fourth-order valence-corrected chi connectivity index (χ4v) is 2.07. The molecule has 4 heteroatoms. The van der Waals surface area contributed by atoms with Crippen LogP contribution in [0.15, 0.2) is 47.2 Å². The second kappa shape index (κ2) is 5.97. The summed E-state index contributed by atoms with van der Waals surface area (Å²) in [5.74, 6) is 0.335. The van der Waals surface area contributed by atoms with E-state index in [1.54, 1.807) is 12.4 Å². The standard InChI is InChI=1S/C15H15BrN2O/c1-10(2)11-3-5-12(6-4-11)15(19)18-14-7-13(16)8-17-9-14/h3-10H,1-2H3,(H,18,19). The molecule has 0 aliphatic heterocycles. The number of rotatable bonds is 3. The monoisotopic (exact) mass is 318 g/mol. The molecule has 98 valence electrons. The molecule has 2 rings (SSSR count). The molecule has 0 atom stereocenters. The van der Waals surface area contributed by atoms with Crippen LogP contribution in [0, 0.1) is 0 Å². The van der Waals surface area contributed by atoms with E-state index in [1.165, 1.54) is 5.56 Å². The molecule has 0 unspecified atom stereocenters. The zero-order valence-electron chi connectivity index (χ0n) is 10.9. The first kappa shape index (κ1) is 13.7. The number of anilines is 1. The molecule has 19 heavy (non-hydrogen) atoms. The van der Waals surface area contributed by atoms with Crippen LogP contribution >= 0.6 is 15.9 Å². The molecular weight excluding hydrogens is 304 g/mol. The third-order valence-corrected chi connectivity index (χ3v) is 3.24. The molecule has 0 aliphatic carbocycles. The van der Waals surface area contributed by atoms with Crippen molar-refractivity contribution >= 4 is 27.5 Å². The van der Waals surface area contributed by atoms with E-state index in [-0.39, 0.29) is 5.91 Å². The molecule has 3 nitrogen and oxygen atoms in total. The third-order valence-electron chi connectivity index (χ3n) is 2.80. The van der Waals surface area contributed by atoms with Crippen molar-refractivity contribution in [3.8, 4) is 0 Å². The summed E-state index contributed by atoms with van der Waals surface area (Å²) in [7, 11) is 0. The van der Waals surface area contributed by atoms with Crippen molar-refractivity contribution in [3.63, 3.8) is 0 Å². The molecular formula is C15H15BrN2O. The van der Waals surface area contributed by atoms with Gasteiger partial charge in [-0.25, -0.2) is 0 Å². The number of hydrogen-bond acceptors (Lipinski definition) is 2. The van der Waals surface area contributed by atoms with Crippen molar-refractivity contribution in [3.05, 3.63) is 58.3 Å². The van der Waals surface area contributed by atoms with Crippen LogP contribution < -0.4 is 5.32 Å². The van der Waals surface area contributed by atoms with Gasteiger partial charge in [0.1, 0.15) is 0 Å². The van der Waals surface area contributed by atoms with E-state index < -0.39 is 0 Å². The quantitative estimate of drug-likeness (QED) is 0.920. The highest BCUT2D eigenvalue weighted by molar-refractivity contribution is 9.10.